The van der Waals surface area contributed by atoms with E-state index in [1.807, 2.05) is 16.7 Å². The van der Waals surface area contributed by atoms with Crippen molar-refractivity contribution in [1.29, 1.82) is 0 Å². The monoisotopic (exact) mass is 385 g/mol. The van der Waals surface area contributed by atoms with Gasteiger partial charge in [-0.1, -0.05) is 30.2 Å². The van der Waals surface area contributed by atoms with Crippen molar-refractivity contribution in [3.8, 4) is 0 Å². The minimum Gasteiger partial charge on any atom is -0.391 e. The third kappa shape index (κ3) is 3.96. The van der Waals surface area contributed by atoms with Crippen LogP contribution in [0.2, 0.25) is 0 Å². The molecule has 3 aromatic rings. The fourth-order valence-corrected chi connectivity index (χ4v) is 4.46. The maximum atomic E-state index is 11.6. The first-order valence-electron chi connectivity index (χ1n) is 9.20. The van der Waals surface area contributed by atoms with Crippen molar-refractivity contribution in [2.45, 2.75) is 44.4 Å². The quantitative estimate of drug-likeness (QED) is 0.628. The van der Waals surface area contributed by atoms with Crippen LogP contribution in [0.1, 0.15) is 41.7 Å². The Labute approximate surface area is 161 Å². The first-order chi connectivity index (χ1) is 13.1. The highest BCUT2D eigenvalue weighted by molar-refractivity contribution is 7.22. The van der Waals surface area contributed by atoms with Crippen molar-refractivity contribution >= 4 is 32.6 Å². The van der Waals surface area contributed by atoms with Crippen LogP contribution in [0.15, 0.2) is 30.7 Å². The van der Waals surface area contributed by atoms with E-state index < -0.39 is 0 Å². The highest BCUT2D eigenvalue weighted by Crippen LogP contribution is 2.30. The largest absolute Gasteiger partial charge is 0.391 e. The van der Waals surface area contributed by atoms with Crippen LogP contribution in [0.4, 0.5) is 5.13 Å². The lowest BCUT2D eigenvalue weighted by Gasteiger charge is -2.27. The van der Waals surface area contributed by atoms with Gasteiger partial charge in [-0.2, -0.15) is 0 Å². The van der Waals surface area contributed by atoms with Crippen LogP contribution in [-0.4, -0.2) is 44.7 Å². The van der Waals surface area contributed by atoms with Gasteiger partial charge in [0.2, 0.25) is 0 Å². The number of carbonyl (C=O) groups is 1. The third-order valence-corrected chi connectivity index (χ3v) is 5.90. The van der Waals surface area contributed by atoms with Crippen molar-refractivity contribution in [3.05, 3.63) is 42.0 Å². The molecule has 1 saturated carbocycles. The Morgan fingerprint density at radius 1 is 1.37 bits per heavy atom. The molecule has 7 nitrogen and oxygen atoms in total. The number of nitrogens with one attached hydrogen (secondary N) is 2. The topological polar surface area (TPSA) is 92.1 Å². The highest BCUT2D eigenvalue weighted by Gasteiger charge is 2.23. The standard InChI is InChI=1S/C19H23N5O2S/c1-20-18(26)15-10-24(11-21-15)9-12-6-7-14-17(8-12)27-19(23-14)22-13-4-2-3-5-16(13)25/h6-8,10-11,13,16,25H,2-5,9H2,1H3,(H,20,26)(H,22,23). The van der Waals surface area contributed by atoms with Gasteiger partial charge in [-0.05, 0) is 30.5 Å². The molecule has 2 aromatic heterocycles. The molecule has 2 atom stereocenters. The van der Waals surface area contributed by atoms with Gasteiger partial charge in [0, 0.05) is 19.8 Å². The summed E-state index contributed by atoms with van der Waals surface area (Å²) < 4.78 is 3.00. The molecule has 142 valence electrons. The summed E-state index contributed by atoms with van der Waals surface area (Å²) in [5, 5.41) is 17.0. The molecule has 0 radical (unpaired) electrons. The van der Waals surface area contributed by atoms with Gasteiger partial charge in [-0.3, -0.25) is 4.79 Å². The number of thiazole rings is 1. The van der Waals surface area contributed by atoms with Gasteiger partial charge in [0.15, 0.2) is 5.13 Å². The molecule has 0 saturated heterocycles. The molecular formula is C19H23N5O2S. The molecule has 0 spiro atoms. The molecule has 2 heterocycles. The molecule has 0 bridgehead atoms. The molecule has 27 heavy (non-hydrogen) atoms. The minimum atomic E-state index is -0.294. The summed E-state index contributed by atoms with van der Waals surface area (Å²) in [6, 6.07) is 6.27. The minimum absolute atomic E-state index is 0.0906. The lowest BCUT2D eigenvalue weighted by Crippen LogP contribution is -2.36. The first kappa shape index (κ1) is 17.9. The Hall–Kier alpha value is -2.45. The number of fused-ring (bicyclic) bond motifs is 1. The number of benzene rings is 1. The molecule has 1 aliphatic rings. The van der Waals surface area contributed by atoms with Crippen LogP contribution in [0.5, 0.6) is 0 Å². The highest BCUT2D eigenvalue weighted by atomic mass is 32.1. The summed E-state index contributed by atoms with van der Waals surface area (Å²) in [4.78, 5) is 20.4. The van der Waals surface area contributed by atoms with E-state index in [1.165, 1.54) is 0 Å². The maximum Gasteiger partial charge on any atom is 0.271 e. The van der Waals surface area contributed by atoms with Crippen LogP contribution >= 0.6 is 11.3 Å². The Kier molecular flexibility index (Phi) is 5.09. The number of anilines is 1. The second-order valence-corrected chi connectivity index (χ2v) is 7.96. The predicted octanol–water partition coefficient (Wildman–Crippen LogP) is 2.62. The lowest BCUT2D eigenvalue weighted by molar-refractivity contribution is 0.0958. The van der Waals surface area contributed by atoms with Gasteiger partial charge < -0.3 is 20.3 Å². The number of hydrogen-bond acceptors (Lipinski definition) is 6. The molecule has 4 rings (SSSR count). The molecular weight excluding hydrogens is 362 g/mol. The lowest BCUT2D eigenvalue weighted by atomic mass is 9.93. The van der Waals surface area contributed by atoms with E-state index in [1.54, 1.807) is 30.9 Å². The van der Waals surface area contributed by atoms with E-state index in [2.05, 4.69) is 26.7 Å². The summed E-state index contributed by atoms with van der Waals surface area (Å²) in [7, 11) is 1.59. The van der Waals surface area contributed by atoms with Crippen molar-refractivity contribution in [1.82, 2.24) is 19.9 Å². The predicted molar refractivity (Wildman–Crippen MR) is 106 cm³/mol. The van der Waals surface area contributed by atoms with Crippen LogP contribution in [-0.2, 0) is 6.54 Å². The Morgan fingerprint density at radius 2 is 2.22 bits per heavy atom. The van der Waals surface area contributed by atoms with Crippen molar-refractivity contribution in [2.24, 2.45) is 0 Å². The number of hydrogen-bond donors (Lipinski definition) is 3. The first-order valence-corrected chi connectivity index (χ1v) is 10.0. The summed E-state index contributed by atoms with van der Waals surface area (Å²) in [6.45, 7) is 0.641. The second kappa shape index (κ2) is 7.66. The van der Waals surface area contributed by atoms with Crippen molar-refractivity contribution in [3.63, 3.8) is 0 Å². The van der Waals surface area contributed by atoms with E-state index in [4.69, 9.17) is 0 Å². The smallest absolute Gasteiger partial charge is 0.271 e. The summed E-state index contributed by atoms with van der Waals surface area (Å²) in [6.07, 6.45) is 7.20. The molecule has 0 aliphatic heterocycles. The SMILES string of the molecule is CNC(=O)c1cn(Cc2ccc3nc(NC4CCCCC4O)sc3c2)cn1. The Morgan fingerprint density at radius 3 is 3.04 bits per heavy atom. The molecule has 1 aliphatic carbocycles. The number of imidazole rings is 1. The fraction of sp³-hybridized carbons (Fsp3) is 0.421. The van der Waals surface area contributed by atoms with Gasteiger partial charge in [-0.25, -0.2) is 9.97 Å². The molecule has 1 aromatic carbocycles. The fourth-order valence-electron chi connectivity index (χ4n) is 3.47. The second-order valence-electron chi connectivity index (χ2n) is 6.93. The zero-order chi connectivity index (χ0) is 18.8. The van der Waals surface area contributed by atoms with Crippen LogP contribution in [0, 0.1) is 0 Å². The van der Waals surface area contributed by atoms with Gasteiger partial charge in [-0.15, -0.1) is 0 Å². The van der Waals surface area contributed by atoms with E-state index in [0.29, 0.717) is 12.2 Å². The molecule has 1 fully saturated rings. The summed E-state index contributed by atoms with van der Waals surface area (Å²) in [5.74, 6) is -0.188. The average Bonchev–Trinajstić information content (AvgIpc) is 3.29. The van der Waals surface area contributed by atoms with Crippen LogP contribution < -0.4 is 10.6 Å². The van der Waals surface area contributed by atoms with Gasteiger partial charge >= 0.3 is 0 Å². The Balaban J connectivity index is 1.49. The van der Waals surface area contributed by atoms with Crippen LogP contribution in [0.25, 0.3) is 10.2 Å². The molecule has 8 heteroatoms. The number of nitrogens with zero attached hydrogens (tertiary/aromatic N) is 3. The maximum absolute atomic E-state index is 11.6. The summed E-state index contributed by atoms with van der Waals surface area (Å²) in [5.41, 5.74) is 2.48. The third-order valence-electron chi connectivity index (χ3n) is 4.95. The number of aliphatic hydroxyl groups is 1. The normalized spacial score (nSPS) is 19.9. The summed E-state index contributed by atoms with van der Waals surface area (Å²) >= 11 is 1.61. The van der Waals surface area contributed by atoms with E-state index in [0.717, 1.165) is 46.6 Å². The van der Waals surface area contributed by atoms with Gasteiger partial charge in [0.25, 0.3) is 5.91 Å². The van der Waals surface area contributed by atoms with Crippen molar-refractivity contribution in [2.75, 3.05) is 12.4 Å². The van der Waals surface area contributed by atoms with Gasteiger partial charge in [0.05, 0.1) is 28.7 Å². The molecule has 3 N–H and O–H groups in total. The Bertz CT molecular complexity index is 951. The van der Waals surface area contributed by atoms with E-state index in [-0.39, 0.29) is 18.1 Å². The van der Waals surface area contributed by atoms with Gasteiger partial charge in [0.1, 0.15) is 5.69 Å². The molecule has 2 unspecified atom stereocenters. The number of aliphatic hydroxyl groups excluding tert-OH is 1. The van der Waals surface area contributed by atoms with Crippen molar-refractivity contribution < 1.29 is 9.90 Å². The number of aromatic nitrogens is 3. The van der Waals surface area contributed by atoms with Crippen LogP contribution in [0.3, 0.4) is 0 Å². The number of amides is 1. The number of carbonyl (C=O) groups excluding carboxylic acids is 1. The van der Waals surface area contributed by atoms with E-state index >= 15 is 0 Å². The number of rotatable bonds is 5. The van der Waals surface area contributed by atoms with E-state index in [9.17, 15) is 9.90 Å². The average molecular weight is 385 g/mol. The molecule has 1 amide bonds. The zero-order valence-electron chi connectivity index (χ0n) is 15.2. The zero-order valence-corrected chi connectivity index (χ0v) is 16.0.